The van der Waals surface area contributed by atoms with Crippen LogP contribution in [0.5, 0.6) is 0 Å². The molecule has 13 heteroatoms. The third-order valence-corrected chi connectivity index (χ3v) is 7.55. The van der Waals surface area contributed by atoms with Crippen LogP contribution in [0.15, 0.2) is 42.5 Å². The van der Waals surface area contributed by atoms with Crippen LogP contribution in [0.3, 0.4) is 0 Å². The second-order valence-electron chi connectivity index (χ2n) is 9.41. The number of hydrogen-bond acceptors (Lipinski definition) is 5. The number of benzene rings is 1. The Morgan fingerprint density at radius 3 is 2.46 bits per heavy atom. The van der Waals surface area contributed by atoms with E-state index in [-0.39, 0.29) is 33.2 Å². The number of halogens is 5. The summed E-state index contributed by atoms with van der Waals surface area (Å²) in [4.78, 5) is 29.6. The van der Waals surface area contributed by atoms with E-state index in [2.05, 4.69) is 15.4 Å². The number of anilines is 1. The van der Waals surface area contributed by atoms with Gasteiger partial charge in [-0.3, -0.25) is 14.3 Å². The van der Waals surface area contributed by atoms with Crippen molar-refractivity contribution in [2.75, 3.05) is 5.32 Å². The fraction of sp³-hybridized carbons (Fsp3) is 0.308. The molecule has 39 heavy (non-hydrogen) atoms. The van der Waals surface area contributed by atoms with Crippen LogP contribution in [0.1, 0.15) is 58.9 Å². The lowest BCUT2D eigenvalue weighted by atomic mass is 10.0. The number of nitrogens with zero attached hydrogens (tertiary/aromatic N) is 3. The highest BCUT2D eigenvalue weighted by Crippen LogP contribution is 2.44. The third-order valence-electron chi connectivity index (χ3n) is 6.45. The maximum atomic E-state index is 13.7. The normalized spacial score (nSPS) is 14.6. The number of thiophene rings is 1. The quantitative estimate of drug-likeness (QED) is 0.243. The van der Waals surface area contributed by atoms with E-state index in [4.69, 9.17) is 5.73 Å². The van der Waals surface area contributed by atoms with Gasteiger partial charge in [-0.25, -0.2) is 13.8 Å². The van der Waals surface area contributed by atoms with Crippen LogP contribution in [0.4, 0.5) is 27.6 Å². The average molecular weight is 564 g/mol. The number of nitrogens with two attached hydrogens (primary N) is 1. The minimum Gasteiger partial charge on any atom is -0.365 e. The molecular formula is C26H22F5N5O2S. The van der Waals surface area contributed by atoms with Crippen molar-refractivity contribution < 1.29 is 31.5 Å². The molecule has 0 radical (unpaired) electrons. The highest BCUT2D eigenvalue weighted by molar-refractivity contribution is 7.21. The van der Waals surface area contributed by atoms with E-state index in [1.165, 1.54) is 17.7 Å². The van der Waals surface area contributed by atoms with E-state index >= 15 is 0 Å². The minimum atomic E-state index is -4.62. The van der Waals surface area contributed by atoms with Gasteiger partial charge in [-0.15, -0.1) is 11.3 Å². The number of amides is 2. The van der Waals surface area contributed by atoms with E-state index in [0.29, 0.717) is 16.8 Å². The van der Waals surface area contributed by atoms with Crippen molar-refractivity contribution in [2.45, 2.75) is 44.8 Å². The number of alkyl halides is 5. The molecular weight excluding hydrogens is 541 g/mol. The predicted octanol–water partition coefficient (Wildman–Crippen LogP) is 6.37. The topological polar surface area (TPSA) is 103 Å². The van der Waals surface area contributed by atoms with E-state index in [9.17, 15) is 31.5 Å². The predicted molar refractivity (Wildman–Crippen MR) is 136 cm³/mol. The summed E-state index contributed by atoms with van der Waals surface area (Å²) in [5.74, 6) is -2.42. The lowest BCUT2D eigenvalue weighted by Crippen LogP contribution is -2.26. The lowest BCUT2D eigenvalue weighted by molar-refractivity contribution is -0.141. The van der Waals surface area contributed by atoms with Crippen LogP contribution in [0.2, 0.25) is 0 Å². The molecule has 1 aliphatic rings. The van der Waals surface area contributed by atoms with Crippen molar-refractivity contribution in [2.24, 2.45) is 11.7 Å². The first-order chi connectivity index (χ1) is 18.4. The van der Waals surface area contributed by atoms with Gasteiger partial charge in [0.25, 0.3) is 12.3 Å². The van der Waals surface area contributed by atoms with Crippen LogP contribution in [0.25, 0.3) is 21.3 Å². The van der Waals surface area contributed by atoms with Gasteiger partial charge in [0, 0.05) is 17.0 Å². The van der Waals surface area contributed by atoms with E-state index in [1.807, 2.05) is 0 Å². The number of aromatic nitrogens is 3. The molecule has 1 atom stereocenters. The van der Waals surface area contributed by atoms with Gasteiger partial charge < -0.3 is 11.1 Å². The third kappa shape index (κ3) is 5.35. The second-order valence-corrected chi connectivity index (χ2v) is 10.4. The Morgan fingerprint density at radius 1 is 1.18 bits per heavy atom. The fourth-order valence-electron chi connectivity index (χ4n) is 4.38. The molecule has 1 aromatic carbocycles. The molecule has 7 nitrogen and oxygen atoms in total. The van der Waals surface area contributed by atoms with Crippen molar-refractivity contribution in [1.29, 1.82) is 0 Å². The summed E-state index contributed by atoms with van der Waals surface area (Å²) < 4.78 is 68.4. The van der Waals surface area contributed by atoms with E-state index in [0.717, 1.165) is 30.2 Å². The largest absolute Gasteiger partial charge is 0.435 e. The monoisotopic (exact) mass is 563 g/mol. The lowest BCUT2D eigenvalue weighted by Gasteiger charge is -2.16. The Hall–Kier alpha value is -3.87. The van der Waals surface area contributed by atoms with Gasteiger partial charge in [0.2, 0.25) is 5.91 Å². The highest BCUT2D eigenvalue weighted by atomic mass is 32.1. The maximum absolute atomic E-state index is 13.7. The van der Waals surface area contributed by atoms with Gasteiger partial charge in [-0.05, 0) is 36.1 Å². The van der Waals surface area contributed by atoms with Gasteiger partial charge in [0.15, 0.2) is 5.69 Å². The number of carbonyl (C=O) groups is 2. The number of nitrogens with one attached hydrogen (secondary N) is 1. The number of primary amides is 1. The van der Waals surface area contributed by atoms with E-state index in [1.54, 1.807) is 30.3 Å². The molecule has 0 bridgehead atoms. The highest BCUT2D eigenvalue weighted by Gasteiger charge is 2.38. The van der Waals surface area contributed by atoms with Crippen LogP contribution < -0.4 is 11.1 Å². The number of carbonyl (C=O) groups excluding carboxylic acids is 2. The zero-order valence-electron chi connectivity index (χ0n) is 20.4. The first-order valence-corrected chi connectivity index (χ1v) is 12.8. The molecule has 1 fully saturated rings. The Kier molecular flexibility index (Phi) is 6.87. The van der Waals surface area contributed by atoms with Crippen LogP contribution >= 0.6 is 11.3 Å². The molecule has 3 heterocycles. The average Bonchev–Trinajstić information content (AvgIpc) is 3.53. The van der Waals surface area contributed by atoms with Gasteiger partial charge in [-0.2, -0.15) is 18.3 Å². The molecule has 0 aliphatic heterocycles. The van der Waals surface area contributed by atoms with Crippen LogP contribution in [-0.4, -0.2) is 26.6 Å². The smallest absolute Gasteiger partial charge is 0.365 e. The van der Waals surface area contributed by atoms with Gasteiger partial charge in [0.1, 0.15) is 15.4 Å². The van der Waals surface area contributed by atoms with Crippen molar-refractivity contribution in [1.82, 2.24) is 14.8 Å². The summed E-state index contributed by atoms with van der Waals surface area (Å²) in [6.45, 7) is 1.38. The number of pyridine rings is 1. The zero-order chi connectivity index (χ0) is 28.1. The molecule has 4 aromatic rings. The molecule has 0 saturated heterocycles. The summed E-state index contributed by atoms with van der Waals surface area (Å²) in [5.41, 5.74) is 5.34. The summed E-state index contributed by atoms with van der Waals surface area (Å²) >= 11 is 0.775. The summed E-state index contributed by atoms with van der Waals surface area (Å²) in [6.07, 6.45) is -6.03. The van der Waals surface area contributed by atoms with Crippen LogP contribution in [0, 0.1) is 5.92 Å². The molecule has 204 valence electrons. The van der Waals surface area contributed by atoms with Crippen molar-refractivity contribution >= 4 is 39.1 Å². The van der Waals surface area contributed by atoms with Crippen molar-refractivity contribution in [3.63, 3.8) is 0 Å². The van der Waals surface area contributed by atoms with Gasteiger partial charge in [-0.1, -0.05) is 37.3 Å². The SMILES string of the molecule is CC(Cn1nc(C(F)(F)F)cc1C1CC1)C(=O)Nc1c(C(N)=O)sc2nc(C(F)F)cc(-c3ccccc3)c12. The second kappa shape index (κ2) is 10.0. The van der Waals surface area contributed by atoms with E-state index < -0.39 is 41.7 Å². The summed E-state index contributed by atoms with van der Waals surface area (Å²) in [7, 11) is 0. The molecule has 1 saturated carbocycles. The molecule has 2 amide bonds. The minimum absolute atomic E-state index is 0.0189. The molecule has 1 unspecified atom stereocenters. The van der Waals surface area contributed by atoms with Crippen LogP contribution in [-0.2, 0) is 17.5 Å². The Morgan fingerprint density at radius 2 is 1.87 bits per heavy atom. The number of rotatable bonds is 8. The summed E-state index contributed by atoms with van der Waals surface area (Å²) in [5, 5.41) is 6.64. The maximum Gasteiger partial charge on any atom is 0.435 e. The number of hydrogen-bond donors (Lipinski definition) is 2. The molecule has 3 aromatic heterocycles. The zero-order valence-corrected chi connectivity index (χ0v) is 21.2. The van der Waals surface area contributed by atoms with Crippen molar-refractivity contribution in [3.8, 4) is 11.1 Å². The standard InChI is InChI=1S/C26H22F5N5O2S/c1-12(11-36-17(14-7-8-14)10-18(35-36)26(29,30)31)24(38)34-20-19-15(13-5-3-2-4-6-13)9-16(22(27)28)33-25(19)39-21(20)23(32)37/h2-6,9-10,12,14,22H,7-8,11H2,1H3,(H2,32,37)(H,34,38). The molecule has 0 spiro atoms. The Labute approximate surface area is 222 Å². The number of fused-ring (bicyclic) bond motifs is 1. The van der Waals surface area contributed by atoms with Gasteiger partial charge in [0.05, 0.1) is 18.2 Å². The van der Waals surface area contributed by atoms with Crippen molar-refractivity contribution in [3.05, 3.63) is 64.4 Å². The Bertz CT molecular complexity index is 1560. The summed E-state index contributed by atoms with van der Waals surface area (Å²) in [6, 6.07) is 10.8. The molecule has 1 aliphatic carbocycles. The first kappa shape index (κ1) is 26.7. The van der Waals surface area contributed by atoms with Gasteiger partial charge >= 0.3 is 6.18 Å². The molecule has 3 N–H and O–H groups in total. The first-order valence-electron chi connectivity index (χ1n) is 12.0. The fourth-order valence-corrected chi connectivity index (χ4v) is 5.39. The molecule has 5 rings (SSSR count). The Balaban J connectivity index is 1.53.